The maximum absolute atomic E-state index is 9.49. The minimum atomic E-state index is -0.330. The fraction of sp³-hybridized carbons (Fsp3) is 1.00. The molecule has 0 aliphatic carbocycles. The lowest BCUT2D eigenvalue weighted by Gasteiger charge is -2.17. The largest absolute Gasteiger partial charge is 0.393 e. The van der Waals surface area contributed by atoms with E-state index in [1.165, 1.54) is 0 Å². The molecule has 0 aliphatic heterocycles. The number of hydrogen-bond donors (Lipinski definition) is 2. The molecule has 0 bridgehead atoms. The third kappa shape index (κ3) is 5.56. The van der Waals surface area contributed by atoms with Crippen LogP contribution in [-0.4, -0.2) is 22.4 Å². The Bertz CT molecular complexity index is 92.0. The van der Waals surface area contributed by atoms with E-state index < -0.39 is 0 Å². The Morgan fingerprint density at radius 2 is 1.50 bits per heavy atom. The highest BCUT2D eigenvalue weighted by Gasteiger charge is 2.12. The monoisotopic (exact) mass is 174 g/mol. The number of aliphatic hydroxyl groups is 2. The van der Waals surface area contributed by atoms with Crippen LogP contribution in [0.25, 0.3) is 0 Å². The van der Waals surface area contributed by atoms with Gasteiger partial charge in [-0.15, -0.1) is 0 Å². The molecule has 2 N–H and O–H groups in total. The van der Waals surface area contributed by atoms with Crippen molar-refractivity contribution in [1.29, 1.82) is 0 Å². The molecule has 0 fully saturated rings. The minimum absolute atomic E-state index is 0.324. The summed E-state index contributed by atoms with van der Waals surface area (Å²) in [5, 5.41) is 18.7. The minimum Gasteiger partial charge on any atom is -0.393 e. The molecule has 74 valence electrons. The van der Waals surface area contributed by atoms with Gasteiger partial charge in [0.15, 0.2) is 0 Å². The van der Waals surface area contributed by atoms with Gasteiger partial charge in [0.05, 0.1) is 12.2 Å². The van der Waals surface area contributed by atoms with Gasteiger partial charge in [-0.1, -0.05) is 27.2 Å². The molecular weight excluding hydrogens is 152 g/mol. The van der Waals surface area contributed by atoms with Crippen LogP contribution in [0.4, 0.5) is 0 Å². The molecule has 0 saturated heterocycles. The van der Waals surface area contributed by atoms with Crippen molar-refractivity contribution < 1.29 is 10.2 Å². The molecule has 0 radical (unpaired) electrons. The summed E-state index contributed by atoms with van der Waals surface area (Å²) in [6, 6.07) is 0. The maximum Gasteiger partial charge on any atom is 0.0567 e. The van der Waals surface area contributed by atoms with Crippen LogP contribution in [0.5, 0.6) is 0 Å². The van der Waals surface area contributed by atoms with E-state index in [9.17, 15) is 10.2 Å². The van der Waals surface area contributed by atoms with Crippen molar-refractivity contribution in [3.05, 3.63) is 0 Å². The first kappa shape index (κ1) is 11.9. The predicted octanol–water partition coefficient (Wildman–Crippen LogP) is 1.94. The smallest absolute Gasteiger partial charge is 0.0567 e. The van der Waals surface area contributed by atoms with E-state index in [-0.39, 0.29) is 12.2 Å². The quantitative estimate of drug-likeness (QED) is 0.646. The number of hydrogen-bond acceptors (Lipinski definition) is 2. The Balaban J connectivity index is 3.51. The van der Waals surface area contributed by atoms with Gasteiger partial charge >= 0.3 is 0 Å². The zero-order valence-electron chi connectivity index (χ0n) is 8.45. The van der Waals surface area contributed by atoms with Crippen LogP contribution in [0.1, 0.15) is 46.5 Å². The first-order valence-corrected chi connectivity index (χ1v) is 4.96. The molecule has 2 heteroatoms. The van der Waals surface area contributed by atoms with Crippen molar-refractivity contribution >= 4 is 0 Å². The van der Waals surface area contributed by atoms with E-state index in [4.69, 9.17) is 0 Å². The Morgan fingerprint density at radius 3 is 1.92 bits per heavy atom. The highest BCUT2D eigenvalue weighted by atomic mass is 16.3. The lowest BCUT2D eigenvalue weighted by atomic mass is 9.97. The fourth-order valence-corrected chi connectivity index (χ4v) is 1.21. The topological polar surface area (TPSA) is 40.5 Å². The summed E-state index contributed by atoms with van der Waals surface area (Å²) < 4.78 is 0. The average molecular weight is 174 g/mol. The van der Waals surface area contributed by atoms with E-state index in [0.29, 0.717) is 12.3 Å². The fourth-order valence-electron chi connectivity index (χ4n) is 1.21. The average Bonchev–Trinajstić information content (AvgIpc) is 2.03. The highest BCUT2D eigenvalue weighted by molar-refractivity contribution is 4.64. The Labute approximate surface area is 75.6 Å². The van der Waals surface area contributed by atoms with Gasteiger partial charge in [0.1, 0.15) is 0 Å². The molecule has 3 atom stereocenters. The molecule has 0 saturated carbocycles. The lowest BCUT2D eigenvalue weighted by molar-refractivity contribution is 0.0648. The van der Waals surface area contributed by atoms with Crippen molar-refractivity contribution in [1.82, 2.24) is 0 Å². The molecule has 2 nitrogen and oxygen atoms in total. The molecule has 3 unspecified atom stereocenters. The van der Waals surface area contributed by atoms with Crippen LogP contribution in [0.15, 0.2) is 0 Å². The standard InChI is InChI=1S/C10H22O2/c1-4-8(3)6-10(12)7-9(11)5-2/h8-12H,4-7H2,1-3H3. The molecule has 0 heterocycles. The van der Waals surface area contributed by atoms with Crippen molar-refractivity contribution in [2.75, 3.05) is 0 Å². The second kappa shape index (κ2) is 6.44. The molecule has 0 spiro atoms. The van der Waals surface area contributed by atoms with E-state index in [1.54, 1.807) is 0 Å². The van der Waals surface area contributed by atoms with Gasteiger partial charge in [0, 0.05) is 0 Å². The van der Waals surface area contributed by atoms with Crippen LogP contribution < -0.4 is 0 Å². The third-order valence-corrected chi connectivity index (χ3v) is 2.39. The van der Waals surface area contributed by atoms with Crippen molar-refractivity contribution in [3.8, 4) is 0 Å². The van der Waals surface area contributed by atoms with Crippen molar-refractivity contribution in [2.24, 2.45) is 5.92 Å². The molecule has 0 aromatic heterocycles. The molecule has 0 aliphatic rings. The van der Waals surface area contributed by atoms with Gasteiger partial charge in [-0.3, -0.25) is 0 Å². The van der Waals surface area contributed by atoms with Gasteiger partial charge in [-0.25, -0.2) is 0 Å². The molecular formula is C10H22O2. The van der Waals surface area contributed by atoms with Gasteiger partial charge in [0.2, 0.25) is 0 Å². The van der Waals surface area contributed by atoms with E-state index >= 15 is 0 Å². The van der Waals surface area contributed by atoms with E-state index in [2.05, 4.69) is 13.8 Å². The summed E-state index contributed by atoms with van der Waals surface area (Å²) in [6.45, 7) is 6.18. The highest BCUT2D eigenvalue weighted by Crippen LogP contribution is 2.14. The summed E-state index contributed by atoms with van der Waals surface area (Å²) in [4.78, 5) is 0. The summed E-state index contributed by atoms with van der Waals surface area (Å²) in [5.74, 6) is 0.559. The van der Waals surface area contributed by atoms with Crippen LogP contribution in [0.3, 0.4) is 0 Å². The number of aliphatic hydroxyl groups excluding tert-OH is 2. The van der Waals surface area contributed by atoms with Gasteiger partial charge in [-0.05, 0) is 25.2 Å². The van der Waals surface area contributed by atoms with Crippen molar-refractivity contribution in [2.45, 2.75) is 58.7 Å². The second-order valence-electron chi connectivity index (χ2n) is 3.70. The summed E-state index contributed by atoms with van der Waals surface area (Å²) >= 11 is 0. The summed E-state index contributed by atoms with van der Waals surface area (Å²) in [7, 11) is 0. The van der Waals surface area contributed by atoms with Crippen LogP contribution in [0.2, 0.25) is 0 Å². The first-order chi connectivity index (χ1) is 5.60. The van der Waals surface area contributed by atoms with E-state index in [1.807, 2.05) is 6.92 Å². The Kier molecular flexibility index (Phi) is 6.39. The molecule has 0 aromatic carbocycles. The second-order valence-corrected chi connectivity index (χ2v) is 3.70. The molecule has 0 amide bonds. The summed E-state index contributed by atoms with van der Waals surface area (Å²) in [5.41, 5.74) is 0. The molecule has 0 rings (SSSR count). The van der Waals surface area contributed by atoms with Crippen LogP contribution in [0, 0.1) is 5.92 Å². The molecule has 0 aromatic rings. The zero-order valence-corrected chi connectivity index (χ0v) is 8.45. The van der Waals surface area contributed by atoms with Gasteiger partial charge in [-0.2, -0.15) is 0 Å². The zero-order chi connectivity index (χ0) is 9.56. The number of rotatable bonds is 6. The van der Waals surface area contributed by atoms with Crippen LogP contribution >= 0.6 is 0 Å². The molecule has 12 heavy (non-hydrogen) atoms. The SMILES string of the molecule is CCC(C)CC(O)CC(O)CC. The maximum atomic E-state index is 9.49. The third-order valence-electron chi connectivity index (χ3n) is 2.39. The Morgan fingerprint density at radius 1 is 0.917 bits per heavy atom. The van der Waals surface area contributed by atoms with Crippen molar-refractivity contribution in [3.63, 3.8) is 0 Å². The van der Waals surface area contributed by atoms with Crippen LogP contribution in [-0.2, 0) is 0 Å². The normalized spacial score (nSPS) is 18.8. The summed E-state index contributed by atoms with van der Waals surface area (Å²) in [6.07, 6.45) is 2.52. The first-order valence-electron chi connectivity index (χ1n) is 4.96. The lowest BCUT2D eigenvalue weighted by Crippen LogP contribution is -2.19. The van der Waals surface area contributed by atoms with Gasteiger partial charge < -0.3 is 10.2 Å². The predicted molar refractivity (Wildman–Crippen MR) is 51.0 cm³/mol. The van der Waals surface area contributed by atoms with Gasteiger partial charge in [0.25, 0.3) is 0 Å². The Hall–Kier alpha value is -0.0800. The van der Waals surface area contributed by atoms with E-state index in [0.717, 1.165) is 19.3 Å².